The van der Waals surface area contributed by atoms with Gasteiger partial charge in [0, 0.05) is 37.3 Å². The van der Waals surface area contributed by atoms with E-state index in [1.807, 2.05) is 6.07 Å². The molecule has 5 heteroatoms. The van der Waals surface area contributed by atoms with Crippen LogP contribution in [0.15, 0.2) is 24.3 Å². The van der Waals surface area contributed by atoms with Crippen molar-refractivity contribution < 1.29 is 4.92 Å². The second-order valence-electron chi connectivity index (χ2n) is 5.27. The highest BCUT2D eigenvalue weighted by Gasteiger charge is 2.26. The van der Waals surface area contributed by atoms with Crippen molar-refractivity contribution in [2.45, 2.75) is 44.8 Å². The van der Waals surface area contributed by atoms with Crippen molar-refractivity contribution in [3.63, 3.8) is 0 Å². The largest absolute Gasteiger partial charge is 0.329 e. The summed E-state index contributed by atoms with van der Waals surface area (Å²) in [6, 6.07) is 7.77. The first-order chi connectivity index (χ1) is 9.11. The predicted molar refractivity (Wildman–Crippen MR) is 74.8 cm³/mol. The number of hydrogen-bond donors (Lipinski definition) is 1. The number of benzene rings is 1. The Morgan fingerprint density at radius 2 is 2.26 bits per heavy atom. The molecule has 1 saturated heterocycles. The molecule has 0 radical (unpaired) electrons. The number of nitro benzene ring substituents is 1. The molecule has 2 atom stereocenters. The monoisotopic (exact) mass is 263 g/mol. The molecule has 19 heavy (non-hydrogen) atoms. The SMILES string of the molecule is CC1CCCC(CN)N1Cc1cccc([N+](=O)[O-])c1. The highest BCUT2D eigenvalue weighted by atomic mass is 16.6. The van der Waals surface area contributed by atoms with Gasteiger partial charge in [0.25, 0.3) is 5.69 Å². The summed E-state index contributed by atoms with van der Waals surface area (Å²) in [5, 5.41) is 10.8. The first-order valence-corrected chi connectivity index (χ1v) is 6.81. The molecule has 1 aromatic rings. The van der Waals surface area contributed by atoms with E-state index in [1.54, 1.807) is 12.1 Å². The summed E-state index contributed by atoms with van der Waals surface area (Å²) < 4.78 is 0. The molecular weight excluding hydrogens is 242 g/mol. The van der Waals surface area contributed by atoms with Crippen LogP contribution in [0.1, 0.15) is 31.7 Å². The van der Waals surface area contributed by atoms with E-state index >= 15 is 0 Å². The summed E-state index contributed by atoms with van der Waals surface area (Å²) in [7, 11) is 0. The molecule has 104 valence electrons. The standard InChI is InChI=1S/C14H21N3O2/c1-11-4-2-7-14(9-15)16(11)10-12-5-3-6-13(8-12)17(18)19/h3,5-6,8,11,14H,2,4,7,9-10,15H2,1H3. The third kappa shape index (κ3) is 3.30. The van der Waals surface area contributed by atoms with Crippen LogP contribution in [0, 0.1) is 10.1 Å². The zero-order valence-electron chi connectivity index (χ0n) is 11.3. The fourth-order valence-electron chi connectivity index (χ4n) is 2.86. The maximum atomic E-state index is 10.8. The van der Waals surface area contributed by atoms with Crippen molar-refractivity contribution in [3.8, 4) is 0 Å². The number of non-ortho nitro benzene ring substituents is 1. The molecule has 2 N–H and O–H groups in total. The predicted octanol–water partition coefficient (Wildman–Crippen LogP) is 2.30. The van der Waals surface area contributed by atoms with Crippen molar-refractivity contribution in [2.24, 2.45) is 5.73 Å². The molecule has 0 spiro atoms. The minimum atomic E-state index is -0.344. The van der Waals surface area contributed by atoms with Gasteiger partial charge < -0.3 is 5.73 Å². The van der Waals surface area contributed by atoms with Crippen molar-refractivity contribution >= 4 is 5.69 Å². The lowest BCUT2D eigenvalue weighted by Gasteiger charge is -2.40. The Labute approximate surface area is 113 Å². The topological polar surface area (TPSA) is 72.4 Å². The fourth-order valence-corrected chi connectivity index (χ4v) is 2.86. The number of rotatable bonds is 4. The highest BCUT2D eigenvalue weighted by Crippen LogP contribution is 2.25. The molecule has 1 aliphatic heterocycles. The van der Waals surface area contributed by atoms with Crippen molar-refractivity contribution in [2.75, 3.05) is 6.54 Å². The van der Waals surface area contributed by atoms with Gasteiger partial charge in [0.1, 0.15) is 0 Å². The van der Waals surface area contributed by atoms with Crippen molar-refractivity contribution in [3.05, 3.63) is 39.9 Å². The lowest BCUT2D eigenvalue weighted by atomic mass is 9.95. The van der Waals surface area contributed by atoms with Gasteiger partial charge in [-0.25, -0.2) is 0 Å². The van der Waals surface area contributed by atoms with Crippen LogP contribution in [0.4, 0.5) is 5.69 Å². The van der Waals surface area contributed by atoms with E-state index in [0.29, 0.717) is 18.6 Å². The van der Waals surface area contributed by atoms with Gasteiger partial charge in [-0.2, -0.15) is 0 Å². The average molecular weight is 263 g/mol. The summed E-state index contributed by atoms with van der Waals surface area (Å²) >= 11 is 0. The van der Waals surface area contributed by atoms with Gasteiger partial charge in [0.2, 0.25) is 0 Å². The van der Waals surface area contributed by atoms with E-state index in [1.165, 1.54) is 18.9 Å². The van der Waals surface area contributed by atoms with Crippen LogP contribution in [-0.2, 0) is 6.54 Å². The molecule has 0 aromatic heterocycles. The number of hydrogen-bond acceptors (Lipinski definition) is 4. The molecule has 1 aliphatic rings. The Morgan fingerprint density at radius 1 is 1.47 bits per heavy atom. The van der Waals surface area contributed by atoms with Gasteiger partial charge in [-0.05, 0) is 25.3 Å². The third-order valence-electron chi connectivity index (χ3n) is 3.95. The summed E-state index contributed by atoms with van der Waals surface area (Å²) in [5.41, 5.74) is 6.98. The van der Waals surface area contributed by atoms with Crippen LogP contribution in [0.25, 0.3) is 0 Å². The maximum Gasteiger partial charge on any atom is 0.269 e. The lowest BCUT2D eigenvalue weighted by molar-refractivity contribution is -0.384. The molecule has 0 aliphatic carbocycles. The lowest BCUT2D eigenvalue weighted by Crippen LogP contribution is -2.48. The minimum Gasteiger partial charge on any atom is -0.329 e. The number of likely N-dealkylation sites (tertiary alicyclic amines) is 1. The van der Waals surface area contributed by atoms with Crippen LogP contribution in [0.5, 0.6) is 0 Å². The molecule has 1 fully saturated rings. The van der Waals surface area contributed by atoms with Gasteiger partial charge in [0.15, 0.2) is 0 Å². The Hall–Kier alpha value is -1.46. The minimum absolute atomic E-state index is 0.159. The molecule has 2 rings (SSSR count). The highest BCUT2D eigenvalue weighted by molar-refractivity contribution is 5.34. The van der Waals surface area contributed by atoms with Crippen molar-refractivity contribution in [1.82, 2.24) is 4.90 Å². The van der Waals surface area contributed by atoms with E-state index in [2.05, 4.69) is 11.8 Å². The van der Waals surface area contributed by atoms with Crippen molar-refractivity contribution in [1.29, 1.82) is 0 Å². The normalized spacial score (nSPS) is 24.3. The number of nitrogens with zero attached hydrogens (tertiary/aromatic N) is 2. The molecule has 0 saturated carbocycles. The van der Waals surface area contributed by atoms with E-state index in [4.69, 9.17) is 5.73 Å². The first kappa shape index (κ1) is 14.0. The quantitative estimate of drug-likeness (QED) is 0.668. The molecule has 1 heterocycles. The van der Waals surface area contributed by atoms with Gasteiger partial charge in [0.05, 0.1) is 4.92 Å². The van der Waals surface area contributed by atoms with Crippen LogP contribution < -0.4 is 5.73 Å². The fraction of sp³-hybridized carbons (Fsp3) is 0.571. The Bertz CT molecular complexity index is 450. The summed E-state index contributed by atoms with van der Waals surface area (Å²) in [4.78, 5) is 12.8. The Balaban J connectivity index is 2.14. The molecule has 1 aromatic carbocycles. The number of piperidine rings is 1. The van der Waals surface area contributed by atoms with Gasteiger partial charge >= 0.3 is 0 Å². The third-order valence-corrected chi connectivity index (χ3v) is 3.95. The van der Waals surface area contributed by atoms with Gasteiger partial charge in [-0.1, -0.05) is 18.6 Å². The molecular formula is C14H21N3O2. The summed E-state index contributed by atoms with van der Waals surface area (Å²) in [6.45, 7) is 3.60. The van der Waals surface area contributed by atoms with Crippen LogP contribution in [0.2, 0.25) is 0 Å². The van der Waals surface area contributed by atoms with E-state index in [9.17, 15) is 10.1 Å². The first-order valence-electron chi connectivity index (χ1n) is 6.81. The van der Waals surface area contributed by atoms with E-state index in [-0.39, 0.29) is 10.6 Å². The van der Waals surface area contributed by atoms with Gasteiger partial charge in [-0.3, -0.25) is 15.0 Å². The van der Waals surface area contributed by atoms with E-state index in [0.717, 1.165) is 18.5 Å². The zero-order chi connectivity index (χ0) is 13.8. The smallest absolute Gasteiger partial charge is 0.269 e. The van der Waals surface area contributed by atoms with E-state index < -0.39 is 0 Å². The second kappa shape index (κ2) is 6.12. The molecule has 0 amide bonds. The van der Waals surface area contributed by atoms with Gasteiger partial charge in [-0.15, -0.1) is 0 Å². The summed E-state index contributed by atoms with van der Waals surface area (Å²) in [6.07, 6.45) is 3.51. The Morgan fingerprint density at radius 3 is 2.95 bits per heavy atom. The molecule has 2 unspecified atom stereocenters. The maximum absolute atomic E-state index is 10.8. The second-order valence-corrected chi connectivity index (χ2v) is 5.27. The van der Waals surface area contributed by atoms with Crippen LogP contribution in [0.3, 0.4) is 0 Å². The zero-order valence-corrected chi connectivity index (χ0v) is 11.3. The average Bonchev–Trinajstić information content (AvgIpc) is 2.41. The van der Waals surface area contributed by atoms with Crippen LogP contribution in [-0.4, -0.2) is 28.5 Å². The van der Waals surface area contributed by atoms with Crippen LogP contribution >= 0.6 is 0 Å². The summed E-state index contributed by atoms with van der Waals surface area (Å²) in [5.74, 6) is 0. The Kier molecular flexibility index (Phi) is 4.50. The number of nitrogens with two attached hydrogens (primary N) is 1. The number of nitro groups is 1. The molecule has 0 bridgehead atoms. The molecule has 5 nitrogen and oxygen atoms in total.